The van der Waals surface area contributed by atoms with Crippen molar-refractivity contribution in [3.05, 3.63) is 0 Å². The molecule has 1 unspecified atom stereocenters. The molecule has 1 aliphatic rings. The Balaban J connectivity index is 0.000000361. The number of thioether (sulfide) groups is 1. The van der Waals surface area contributed by atoms with Crippen LogP contribution in [0.3, 0.4) is 0 Å². The molecule has 0 aromatic carbocycles. The summed E-state index contributed by atoms with van der Waals surface area (Å²) < 4.78 is 25.4. The quantitative estimate of drug-likeness (QED) is 0.580. The van der Waals surface area contributed by atoms with Gasteiger partial charge < -0.3 is 9.90 Å². The summed E-state index contributed by atoms with van der Waals surface area (Å²) in [5.41, 5.74) is -0.778. The van der Waals surface area contributed by atoms with E-state index in [4.69, 9.17) is 5.11 Å². The van der Waals surface area contributed by atoms with Crippen molar-refractivity contribution in [3.63, 3.8) is 0 Å². The van der Waals surface area contributed by atoms with Gasteiger partial charge in [0.15, 0.2) is 12.5 Å². The second-order valence-corrected chi connectivity index (χ2v) is 7.68. The van der Waals surface area contributed by atoms with Crippen LogP contribution in [-0.4, -0.2) is 39.2 Å². The minimum absolute atomic E-state index is 0.0185. The number of halogens is 3. The third-order valence-corrected chi connectivity index (χ3v) is 6.80. The molecule has 2 nitrogen and oxygen atoms in total. The standard InChI is InChI=1S/C7H12BrFO.C7H13FOS/c1-3-6(8)5(2)7(9)4-10;1-3-5-4(2)6(8)7(9)10-5/h4-7H,3H2,1-2H3;4-7,9H,3H2,1-2H3/t5-,6+,7-;4-,5-,6+,7?/m11/s1. The Morgan fingerprint density at radius 2 is 2.00 bits per heavy atom. The van der Waals surface area contributed by atoms with Gasteiger partial charge in [0.25, 0.3) is 0 Å². The van der Waals surface area contributed by atoms with Crippen molar-refractivity contribution in [1.82, 2.24) is 0 Å². The molecule has 20 heavy (non-hydrogen) atoms. The fourth-order valence-corrected chi connectivity index (χ4v) is 3.64. The lowest BCUT2D eigenvalue weighted by molar-refractivity contribution is -0.113. The smallest absolute Gasteiger partial charge is 0.159 e. The average molecular weight is 375 g/mol. The molecule has 0 spiro atoms. The van der Waals surface area contributed by atoms with Crippen molar-refractivity contribution < 1.29 is 18.7 Å². The molecular formula is C14H25BrF2O2S. The van der Waals surface area contributed by atoms with Crippen LogP contribution in [0.5, 0.6) is 0 Å². The zero-order valence-electron chi connectivity index (χ0n) is 12.4. The van der Waals surface area contributed by atoms with Gasteiger partial charge >= 0.3 is 0 Å². The molecule has 1 N–H and O–H groups in total. The first kappa shape index (κ1) is 20.3. The predicted octanol–water partition coefficient (Wildman–Crippen LogP) is 4.14. The zero-order chi connectivity index (χ0) is 15.9. The molecule has 120 valence electrons. The summed E-state index contributed by atoms with van der Waals surface area (Å²) in [6, 6.07) is 0. The molecule has 1 fully saturated rings. The first-order valence-electron chi connectivity index (χ1n) is 7.01. The number of hydrogen-bond donors (Lipinski definition) is 1. The maximum absolute atomic E-state index is 12.9. The Kier molecular flexibility index (Phi) is 10.3. The van der Waals surface area contributed by atoms with Gasteiger partial charge in [-0.25, -0.2) is 8.78 Å². The molecule has 1 aliphatic heterocycles. The van der Waals surface area contributed by atoms with Crippen LogP contribution in [0.15, 0.2) is 0 Å². The Bertz CT molecular complexity index is 284. The molecule has 0 aromatic heterocycles. The maximum atomic E-state index is 12.9. The highest BCUT2D eigenvalue weighted by molar-refractivity contribution is 9.09. The van der Waals surface area contributed by atoms with Gasteiger partial charge in [-0.2, -0.15) is 0 Å². The summed E-state index contributed by atoms with van der Waals surface area (Å²) >= 11 is 4.65. The van der Waals surface area contributed by atoms with E-state index in [9.17, 15) is 13.6 Å². The fraction of sp³-hybridized carbons (Fsp3) is 0.929. The topological polar surface area (TPSA) is 37.3 Å². The van der Waals surface area contributed by atoms with Crippen LogP contribution in [0.1, 0.15) is 40.5 Å². The summed E-state index contributed by atoms with van der Waals surface area (Å²) in [4.78, 5) is 10.1. The monoisotopic (exact) mass is 374 g/mol. The van der Waals surface area contributed by atoms with Crippen molar-refractivity contribution in [2.24, 2.45) is 11.8 Å². The zero-order valence-corrected chi connectivity index (χ0v) is 14.8. The van der Waals surface area contributed by atoms with E-state index in [2.05, 4.69) is 15.9 Å². The average Bonchev–Trinajstić information content (AvgIpc) is 2.72. The number of aldehydes is 1. The van der Waals surface area contributed by atoms with Crippen molar-refractivity contribution in [1.29, 1.82) is 0 Å². The summed E-state index contributed by atoms with van der Waals surface area (Å²) in [5, 5.41) is 9.37. The summed E-state index contributed by atoms with van der Waals surface area (Å²) in [6.07, 6.45) is -0.202. The van der Waals surface area contributed by atoms with Gasteiger partial charge in [0.2, 0.25) is 0 Å². The molecule has 1 rings (SSSR count). The fourth-order valence-electron chi connectivity index (χ4n) is 2.01. The summed E-state index contributed by atoms with van der Waals surface area (Å²) in [6.45, 7) is 7.57. The Labute approximate surface area is 133 Å². The molecule has 0 radical (unpaired) electrons. The van der Waals surface area contributed by atoms with E-state index >= 15 is 0 Å². The van der Waals surface area contributed by atoms with E-state index < -0.39 is 17.8 Å². The predicted molar refractivity (Wildman–Crippen MR) is 84.9 cm³/mol. The molecule has 6 heteroatoms. The number of carbonyl (C=O) groups is 1. The number of carbonyl (C=O) groups excluding carboxylic acids is 1. The molecule has 1 heterocycles. The number of aliphatic hydroxyl groups excluding tert-OH is 1. The van der Waals surface area contributed by atoms with Crippen molar-refractivity contribution in [2.45, 2.75) is 68.4 Å². The van der Waals surface area contributed by atoms with Crippen molar-refractivity contribution >= 4 is 34.0 Å². The van der Waals surface area contributed by atoms with Gasteiger partial charge in [0.1, 0.15) is 11.6 Å². The van der Waals surface area contributed by atoms with Crippen LogP contribution in [0.2, 0.25) is 0 Å². The van der Waals surface area contributed by atoms with Crippen LogP contribution in [0.25, 0.3) is 0 Å². The van der Waals surface area contributed by atoms with Gasteiger partial charge in [-0.15, -0.1) is 11.8 Å². The normalized spacial score (nSPS) is 33.8. The third kappa shape index (κ3) is 5.98. The first-order chi connectivity index (χ1) is 9.29. The molecule has 0 saturated carbocycles. The molecule has 0 aliphatic carbocycles. The van der Waals surface area contributed by atoms with Crippen molar-refractivity contribution in [2.75, 3.05) is 0 Å². The molecule has 0 amide bonds. The minimum Gasteiger partial charge on any atom is -0.379 e. The molecule has 0 aromatic rings. The van der Waals surface area contributed by atoms with Crippen molar-refractivity contribution in [3.8, 4) is 0 Å². The van der Waals surface area contributed by atoms with Crippen LogP contribution in [0, 0.1) is 11.8 Å². The van der Waals surface area contributed by atoms with E-state index in [-0.39, 0.29) is 16.7 Å². The maximum Gasteiger partial charge on any atom is 0.159 e. The highest BCUT2D eigenvalue weighted by Gasteiger charge is 2.39. The van der Waals surface area contributed by atoms with E-state index in [0.29, 0.717) is 11.5 Å². The summed E-state index contributed by atoms with van der Waals surface area (Å²) in [7, 11) is 0. The highest BCUT2D eigenvalue weighted by atomic mass is 79.9. The number of rotatable bonds is 5. The lowest BCUT2D eigenvalue weighted by atomic mass is 10.0. The lowest BCUT2D eigenvalue weighted by Gasteiger charge is -2.16. The van der Waals surface area contributed by atoms with Gasteiger partial charge in [0, 0.05) is 21.9 Å². The Morgan fingerprint density at radius 3 is 2.25 bits per heavy atom. The number of hydrogen-bond acceptors (Lipinski definition) is 3. The number of alkyl halides is 3. The Hall–Kier alpha value is 0.320. The molecule has 1 saturated heterocycles. The van der Waals surface area contributed by atoms with Gasteiger partial charge in [0.05, 0.1) is 0 Å². The first-order valence-corrected chi connectivity index (χ1v) is 8.86. The lowest BCUT2D eigenvalue weighted by Crippen LogP contribution is -2.22. The van der Waals surface area contributed by atoms with Gasteiger partial charge in [-0.05, 0) is 12.8 Å². The summed E-state index contributed by atoms with van der Waals surface area (Å²) in [5.74, 6) is -0.201. The molecular weight excluding hydrogens is 350 g/mol. The Morgan fingerprint density at radius 1 is 1.45 bits per heavy atom. The molecule has 7 atom stereocenters. The van der Waals surface area contributed by atoms with Crippen LogP contribution in [-0.2, 0) is 4.79 Å². The van der Waals surface area contributed by atoms with Crippen LogP contribution in [0.4, 0.5) is 8.78 Å². The van der Waals surface area contributed by atoms with E-state index in [1.165, 1.54) is 11.8 Å². The SMILES string of the molecule is CC[C@H](Br)[C@@H](C)[C@H](F)C=O.CC[C@H]1SC(O)[C@@H](F)[C@@H]1C. The highest BCUT2D eigenvalue weighted by Crippen LogP contribution is 2.40. The largest absolute Gasteiger partial charge is 0.379 e. The van der Waals surface area contributed by atoms with E-state index in [1.807, 2.05) is 20.8 Å². The van der Waals surface area contributed by atoms with Crippen LogP contribution >= 0.6 is 27.7 Å². The van der Waals surface area contributed by atoms with Gasteiger partial charge in [-0.3, -0.25) is 0 Å². The minimum atomic E-state index is -1.33. The second kappa shape index (κ2) is 10.1. The van der Waals surface area contributed by atoms with Gasteiger partial charge in [-0.1, -0.05) is 43.6 Å². The van der Waals surface area contributed by atoms with Crippen LogP contribution < -0.4 is 0 Å². The molecule has 0 bridgehead atoms. The number of aliphatic hydroxyl groups is 1. The van der Waals surface area contributed by atoms with E-state index in [0.717, 1.165) is 12.8 Å². The second-order valence-electron chi connectivity index (χ2n) is 5.14. The van der Waals surface area contributed by atoms with E-state index in [1.54, 1.807) is 6.92 Å². The third-order valence-electron chi connectivity index (χ3n) is 3.67.